The van der Waals surface area contributed by atoms with Crippen molar-refractivity contribution >= 4 is 28.7 Å². The first kappa shape index (κ1) is 27.5. The fourth-order valence-electron chi connectivity index (χ4n) is 6.04. The number of amides is 4. The van der Waals surface area contributed by atoms with Gasteiger partial charge in [-0.1, -0.05) is 79.7 Å². The lowest BCUT2D eigenvalue weighted by atomic mass is 9.99. The number of aromatic nitrogens is 2. The molecule has 0 aliphatic carbocycles. The molecule has 0 saturated carbocycles. The zero-order chi connectivity index (χ0) is 29.2. The van der Waals surface area contributed by atoms with Gasteiger partial charge in [0.2, 0.25) is 5.91 Å². The molecule has 0 radical (unpaired) electrons. The van der Waals surface area contributed by atoms with Crippen molar-refractivity contribution in [3.8, 4) is 0 Å². The third-order valence-corrected chi connectivity index (χ3v) is 8.08. The maximum atomic E-state index is 14.2. The van der Waals surface area contributed by atoms with E-state index in [2.05, 4.69) is 10.4 Å². The van der Waals surface area contributed by atoms with E-state index in [1.54, 1.807) is 9.91 Å². The highest BCUT2D eigenvalue weighted by atomic mass is 16.2. The number of hydrogen-bond donors (Lipinski definition) is 1. The highest BCUT2D eigenvalue weighted by Crippen LogP contribution is 2.36. The second-order valence-corrected chi connectivity index (χ2v) is 10.8. The Morgan fingerprint density at radius 1 is 1.00 bits per heavy atom. The first-order chi connectivity index (χ1) is 20.5. The number of fused-ring (bicyclic) bond motifs is 2. The summed E-state index contributed by atoms with van der Waals surface area (Å²) in [6, 6.07) is 24.1. The fraction of sp³-hybridized carbons (Fsp3) is 0.312. The van der Waals surface area contributed by atoms with Crippen LogP contribution in [0, 0.1) is 0 Å². The van der Waals surface area contributed by atoms with Gasteiger partial charge in [0.25, 0.3) is 5.91 Å². The van der Waals surface area contributed by atoms with Crippen molar-refractivity contribution in [1.82, 2.24) is 34.9 Å². The molecular formula is C32H35N7O3. The van der Waals surface area contributed by atoms with Crippen LogP contribution in [0.4, 0.5) is 4.79 Å². The summed E-state index contributed by atoms with van der Waals surface area (Å²) in [4.78, 5) is 44.9. The van der Waals surface area contributed by atoms with Gasteiger partial charge in [0.1, 0.15) is 12.2 Å². The average Bonchev–Trinajstić information content (AvgIpc) is 3.55. The molecular weight excluding hydrogens is 530 g/mol. The van der Waals surface area contributed by atoms with Gasteiger partial charge in [-0.3, -0.25) is 19.3 Å². The Kier molecular flexibility index (Phi) is 7.62. The number of piperazine rings is 1. The van der Waals surface area contributed by atoms with Crippen LogP contribution in [-0.2, 0) is 29.7 Å². The molecule has 10 nitrogen and oxygen atoms in total. The molecule has 2 aliphatic heterocycles. The number of urea groups is 1. The molecule has 3 aromatic carbocycles. The second-order valence-electron chi connectivity index (χ2n) is 10.8. The summed E-state index contributed by atoms with van der Waals surface area (Å²) in [7, 11) is 1.90. The SMILES string of the molecule is CCCN(C(=O)NCc1ccccc1)N1CC(=O)N2[C@@H](c3ccccc3)C(=O)N(Cc3cccc4c3cnn4C)C[C@@H]21. The van der Waals surface area contributed by atoms with Crippen LogP contribution in [-0.4, -0.2) is 73.2 Å². The summed E-state index contributed by atoms with van der Waals surface area (Å²) >= 11 is 0. The van der Waals surface area contributed by atoms with Gasteiger partial charge in [-0.2, -0.15) is 10.1 Å². The summed E-state index contributed by atoms with van der Waals surface area (Å²) in [6.45, 7) is 3.49. The van der Waals surface area contributed by atoms with Gasteiger partial charge in [0.15, 0.2) is 0 Å². The van der Waals surface area contributed by atoms with Crippen molar-refractivity contribution in [3.63, 3.8) is 0 Å². The Hall–Kier alpha value is -4.70. The zero-order valence-electron chi connectivity index (χ0n) is 23.9. The predicted octanol–water partition coefficient (Wildman–Crippen LogP) is 3.66. The fourth-order valence-corrected chi connectivity index (χ4v) is 6.04. The van der Waals surface area contributed by atoms with E-state index in [4.69, 9.17) is 0 Å². The molecule has 10 heteroatoms. The standard InChI is InChI=1S/C32H35N7O3/c1-3-17-37(32(42)33-18-23-11-6-4-7-12-23)38-22-29(40)39-28(38)21-36(31(41)30(39)24-13-8-5-9-14-24)20-25-15-10-16-27-26(25)19-34-35(27)2/h4-16,19,28,30H,3,17-18,20-22H2,1-2H3,(H,33,42)/t28-,30+/m1/s1. The number of carbonyl (C=O) groups excluding carboxylic acids is 3. The van der Waals surface area contributed by atoms with Gasteiger partial charge in [-0.25, -0.2) is 4.79 Å². The molecule has 0 spiro atoms. The van der Waals surface area contributed by atoms with Gasteiger partial charge in [0, 0.05) is 32.1 Å². The summed E-state index contributed by atoms with van der Waals surface area (Å²) in [5.74, 6) is -0.308. The van der Waals surface area contributed by atoms with Gasteiger partial charge in [-0.15, -0.1) is 0 Å². The number of aryl methyl sites for hydroxylation is 1. The molecule has 3 heterocycles. The normalized spacial score (nSPS) is 18.9. The summed E-state index contributed by atoms with van der Waals surface area (Å²) < 4.78 is 1.82. The first-order valence-corrected chi connectivity index (χ1v) is 14.4. The van der Waals surface area contributed by atoms with E-state index in [1.807, 2.05) is 114 Å². The van der Waals surface area contributed by atoms with Crippen LogP contribution in [0.3, 0.4) is 0 Å². The Labute approximate surface area is 245 Å². The molecule has 0 bridgehead atoms. The third kappa shape index (κ3) is 5.09. The van der Waals surface area contributed by atoms with Crippen LogP contribution in [0.1, 0.15) is 36.1 Å². The maximum Gasteiger partial charge on any atom is 0.332 e. The van der Waals surface area contributed by atoms with Crippen molar-refractivity contribution in [2.45, 2.75) is 38.6 Å². The molecule has 6 rings (SSSR count). The number of rotatable bonds is 8. The van der Waals surface area contributed by atoms with Crippen molar-refractivity contribution < 1.29 is 14.4 Å². The van der Waals surface area contributed by atoms with Crippen LogP contribution < -0.4 is 5.32 Å². The van der Waals surface area contributed by atoms with Crippen LogP contribution in [0.5, 0.6) is 0 Å². The molecule has 0 unspecified atom stereocenters. The monoisotopic (exact) mass is 565 g/mol. The topological polar surface area (TPSA) is 94.0 Å². The van der Waals surface area contributed by atoms with Crippen LogP contribution >= 0.6 is 0 Å². The van der Waals surface area contributed by atoms with Gasteiger partial charge in [-0.05, 0) is 29.2 Å². The Balaban J connectivity index is 1.33. The minimum Gasteiger partial charge on any atom is -0.333 e. The van der Waals surface area contributed by atoms with E-state index in [1.165, 1.54) is 0 Å². The van der Waals surface area contributed by atoms with E-state index < -0.39 is 12.2 Å². The number of hydrogen-bond acceptors (Lipinski definition) is 5. The van der Waals surface area contributed by atoms with Crippen molar-refractivity contribution in [2.75, 3.05) is 19.6 Å². The number of nitrogens with one attached hydrogen (secondary N) is 1. The molecule has 2 atom stereocenters. The van der Waals surface area contributed by atoms with Crippen molar-refractivity contribution in [2.24, 2.45) is 7.05 Å². The number of nitrogens with zero attached hydrogens (tertiary/aromatic N) is 6. The Morgan fingerprint density at radius 2 is 1.74 bits per heavy atom. The molecule has 2 saturated heterocycles. The Bertz CT molecular complexity index is 1590. The molecule has 2 fully saturated rings. The summed E-state index contributed by atoms with van der Waals surface area (Å²) in [5, 5.41) is 11.9. The van der Waals surface area contributed by atoms with Crippen molar-refractivity contribution in [1.29, 1.82) is 0 Å². The van der Waals surface area contributed by atoms with E-state index in [0.717, 1.165) is 27.6 Å². The van der Waals surface area contributed by atoms with E-state index in [0.29, 0.717) is 26.1 Å². The average molecular weight is 566 g/mol. The molecule has 216 valence electrons. The lowest BCUT2D eigenvalue weighted by molar-refractivity contribution is -0.158. The second kappa shape index (κ2) is 11.7. The van der Waals surface area contributed by atoms with Crippen molar-refractivity contribution in [3.05, 3.63) is 102 Å². The van der Waals surface area contributed by atoms with E-state index in [-0.39, 0.29) is 30.9 Å². The van der Waals surface area contributed by atoms with Gasteiger partial charge < -0.3 is 15.1 Å². The first-order valence-electron chi connectivity index (χ1n) is 14.4. The Morgan fingerprint density at radius 3 is 2.48 bits per heavy atom. The molecule has 4 aromatic rings. The largest absolute Gasteiger partial charge is 0.333 e. The molecule has 42 heavy (non-hydrogen) atoms. The maximum absolute atomic E-state index is 14.2. The summed E-state index contributed by atoms with van der Waals surface area (Å²) in [5.41, 5.74) is 3.71. The van der Waals surface area contributed by atoms with Gasteiger partial charge >= 0.3 is 6.03 Å². The predicted molar refractivity (Wildman–Crippen MR) is 158 cm³/mol. The lowest BCUT2D eigenvalue weighted by Gasteiger charge is -2.46. The lowest BCUT2D eigenvalue weighted by Crippen LogP contribution is -2.62. The van der Waals surface area contributed by atoms with Crippen LogP contribution in [0.25, 0.3) is 10.9 Å². The molecule has 1 aromatic heterocycles. The van der Waals surface area contributed by atoms with Crippen LogP contribution in [0.2, 0.25) is 0 Å². The smallest absolute Gasteiger partial charge is 0.332 e. The van der Waals surface area contributed by atoms with Crippen LogP contribution in [0.15, 0.2) is 85.1 Å². The quantitative estimate of drug-likeness (QED) is 0.352. The van der Waals surface area contributed by atoms with E-state index in [9.17, 15) is 14.4 Å². The molecule has 4 amide bonds. The molecule has 2 aliphatic rings. The number of benzene rings is 3. The molecule has 1 N–H and O–H groups in total. The zero-order valence-corrected chi connectivity index (χ0v) is 23.9. The number of carbonyl (C=O) groups is 3. The highest BCUT2D eigenvalue weighted by Gasteiger charge is 2.52. The third-order valence-electron chi connectivity index (χ3n) is 8.08. The highest BCUT2D eigenvalue weighted by molar-refractivity contribution is 5.93. The number of hydrazine groups is 1. The minimum absolute atomic E-state index is 0.0199. The van der Waals surface area contributed by atoms with E-state index >= 15 is 0 Å². The van der Waals surface area contributed by atoms with Gasteiger partial charge in [0.05, 0.1) is 24.8 Å². The minimum atomic E-state index is -0.786. The summed E-state index contributed by atoms with van der Waals surface area (Å²) in [6.07, 6.45) is 2.04.